The predicted octanol–water partition coefficient (Wildman–Crippen LogP) is 3.11. The van der Waals surface area contributed by atoms with Crippen LogP contribution in [0.5, 0.6) is 0 Å². The Morgan fingerprint density at radius 3 is 2.95 bits per heavy atom. The lowest BCUT2D eigenvalue weighted by atomic mass is 10.2. The molecule has 0 aromatic heterocycles. The van der Waals surface area contributed by atoms with E-state index in [0.717, 1.165) is 35.7 Å². The molecule has 2 rings (SSSR count). The average Bonchev–Trinajstić information content (AvgIpc) is 2.85. The number of nitrogens with one attached hydrogen (secondary N) is 1. The van der Waals surface area contributed by atoms with Gasteiger partial charge in [-0.3, -0.25) is 9.98 Å². The van der Waals surface area contributed by atoms with Gasteiger partial charge in [0, 0.05) is 17.9 Å². The molecule has 0 saturated heterocycles. The zero-order chi connectivity index (χ0) is 15.2. The molecule has 21 heavy (non-hydrogen) atoms. The molecule has 1 N–H and O–H groups in total. The van der Waals surface area contributed by atoms with Gasteiger partial charge < -0.3 is 10.2 Å². The minimum atomic E-state index is -0.188. The van der Waals surface area contributed by atoms with Crippen LogP contribution < -0.4 is 10.2 Å². The highest BCUT2D eigenvalue weighted by Gasteiger charge is 2.22. The molecule has 1 aromatic carbocycles. The molecule has 0 saturated carbocycles. The molecule has 0 unspecified atom stereocenters. The van der Waals surface area contributed by atoms with Gasteiger partial charge in [-0.25, -0.2) is 4.39 Å². The van der Waals surface area contributed by atoms with E-state index in [4.69, 9.17) is 0 Å². The van der Waals surface area contributed by atoms with Gasteiger partial charge in [-0.1, -0.05) is 0 Å². The number of rotatable bonds is 5. The number of aliphatic imine (C=N–C) groups is 2. The molecule has 112 valence electrons. The van der Waals surface area contributed by atoms with Crippen LogP contribution in [-0.4, -0.2) is 25.1 Å². The van der Waals surface area contributed by atoms with Crippen LogP contribution in [0.3, 0.4) is 0 Å². The largest absolute Gasteiger partial charge is 0.351 e. The summed E-state index contributed by atoms with van der Waals surface area (Å²) in [7, 11) is 0. The molecular weight excluding hydrogens is 267 g/mol. The Morgan fingerprint density at radius 1 is 1.43 bits per heavy atom. The van der Waals surface area contributed by atoms with Crippen molar-refractivity contribution in [3.8, 4) is 0 Å². The second-order valence-corrected chi connectivity index (χ2v) is 5.04. The minimum Gasteiger partial charge on any atom is -0.351 e. The Kier molecular flexibility index (Phi) is 5.09. The van der Waals surface area contributed by atoms with Crippen molar-refractivity contribution in [2.75, 3.05) is 18.1 Å². The summed E-state index contributed by atoms with van der Waals surface area (Å²) in [6, 6.07) is 4.91. The number of fused-ring (bicyclic) bond motifs is 1. The second-order valence-electron chi connectivity index (χ2n) is 5.04. The highest BCUT2D eigenvalue weighted by Crippen LogP contribution is 2.30. The summed E-state index contributed by atoms with van der Waals surface area (Å²) in [4.78, 5) is 10.6. The van der Waals surface area contributed by atoms with E-state index >= 15 is 0 Å². The zero-order valence-electron chi connectivity index (χ0n) is 12.7. The van der Waals surface area contributed by atoms with E-state index in [1.54, 1.807) is 18.5 Å². The third kappa shape index (κ3) is 3.90. The maximum Gasteiger partial charge on any atom is 0.126 e. The zero-order valence-corrected chi connectivity index (χ0v) is 12.7. The van der Waals surface area contributed by atoms with Crippen LogP contribution in [0, 0.1) is 5.82 Å². The fourth-order valence-corrected chi connectivity index (χ4v) is 2.24. The number of hydrogen-bond acceptors (Lipinski definition) is 4. The lowest BCUT2D eigenvalue weighted by molar-refractivity contribution is 0.626. The van der Waals surface area contributed by atoms with Crippen molar-refractivity contribution in [3.05, 3.63) is 41.6 Å². The fraction of sp³-hybridized carbons (Fsp3) is 0.375. The van der Waals surface area contributed by atoms with Crippen LogP contribution in [0.2, 0.25) is 0 Å². The third-order valence-corrected chi connectivity index (χ3v) is 3.21. The summed E-state index contributed by atoms with van der Waals surface area (Å²) in [6.45, 7) is 7.09. The van der Waals surface area contributed by atoms with Gasteiger partial charge in [0.15, 0.2) is 0 Å². The predicted molar refractivity (Wildman–Crippen MR) is 86.5 cm³/mol. The smallest absolute Gasteiger partial charge is 0.126 e. The van der Waals surface area contributed by atoms with Gasteiger partial charge in [0.1, 0.15) is 18.3 Å². The second kappa shape index (κ2) is 7.02. The van der Waals surface area contributed by atoms with Gasteiger partial charge in [-0.05, 0) is 57.2 Å². The molecule has 1 aromatic rings. The molecule has 0 bridgehead atoms. The molecular formula is C16H21FN4. The standard InChI is InChI=1S/C16H21FN4/c1-4-18-11-20-16(10-19-12(2)3)21-8-7-13-9-14(17)5-6-15(13)21/h4-6,9-10,20H,7-8,11H2,1-3H3/b16-10-,18-4+. The first kappa shape index (κ1) is 15.2. The van der Waals surface area contributed by atoms with E-state index in [9.17, 15) is 4.39 Å². The molecule has 0 fully saturated rings. The number of hydrogen-bond donors (Lipinski definition) is 1. The Balaban J connectivity index is 2.26. The summed E-state index contributed by atoms with van der Waals surface area (Å²) in [5.74, 6) is 0.694. The van der Waals surface area contributed by atoms with Gasteiger partial charge in [0.2, 0.25) is 0 Å². The molecule has 0 aliphatic carbocycles. The monoisotopic (exact) mass is 288 g/mol. The first-order valence-corrected chi connectivity index (χ1v) is 7.07. The molecule has 4 nitrogen and oxygen atoms in total. The van der Waals surface area contributed by atoms with E-state index < -0.39 is 0 Å². The fourth-order valence-electron chi connectivity index (χ4n) is 2.24. The van der Waals surface area contributed by atoms with E-state index in [-0.39, 0.29) is 5.82 Å². The third-order valence-electron chi connectivity index (χ3n) is 3.21. The molecule has 0 atom stereocenters. The maximum absolute atomic E-state index is 13.3. The molecule has 0 spiro atoms. The molecule has 0 amide bonds. The van der Waals surface area contributed by atoms with E-state index in [0.29, 0.717) is 6.67 Å². The molecule has 0 radical (unpaired) electrons. The van der Waals surface area contributed by atoms with Crippen molar-refractivity contribution < 1.29 is 4.39 Å². The number of benzene rings is 1. The van der Waals surface area contributed by atoms with E-state index in [2.05, 4.69) is 20.2 Å². The van der Waals surface area contributed by atoms with Gasteiger partial charge in [-0.15, -0.1) is 0 Å². The lowest BCUT2D eigenvalue weighted by Crippen LogP contribution is -2.30. The number of anilines is 1. The first-order chi connectivity index (χ1) is 10.1. The van der Waals surface area contributed by atoms with Crippen LogP contribution in [0.25, 0.3) is 0 Å². The van der Waals surface area contributed by atoms with Crippen molar-refractivity contribution in [1.29, 1.82) is 0 Å². The molecule has 1 aliphatic rings. The summed E-state index contributed by atoms with van der Waals surface area (Å²) >= 11 is 0. The van der Waals surface area contributed by atoms with Gasteiger partial charge >= 0.3 is 0 Å². The lowest BCUT2D eigenvalue weighted by Gasteiger charge is -2.23. The summed E-state index contributed by atoms with van der Waals surface area (Å²) < 4.78 is 13.3. The van der Waals surface area contributed by atoms with Crippen LogP contribution in [0.4, 0.5) is 10.1 Å². The van der Waals surface area contributed by atoms with Gasteiger partial charge in [0.05, 0.1) is 6.20 Å². The van der Waals surface area contributed by atoms with Crippen molar-refractivity contribution in [2.45, 2.75) is 27.2 Å². The first-order valence-electron chi connectivity index (χ1n) is 7.07. The quantitative estimate of drug-likeness (QED) is 0.846. The number of nitrogens with zero attached hydrogens (tertiary/aromatic N) is 3. The average molecular weight is 288 g/mol. The van der Waals surface area contributed by atoms with E-state index in [1.807, 2.05) is 26.8 Å². The van der Waals surface area contributed by atoms with Crippen LogP contribution in [-0.2, 0) is 6.42 Å². The summed E-state index contributed by atoms with van der Waals surface area (Å²) in [6.07, 6.45) is 4.39. The SMILES string of the molecule is C/C=N/CN/C(=C/N=C(C)C)N1CCc2cc(F)ccc21. The molecule has 5 heteroatoms. The highest BCUT2D eigenvalue weighted by atomic mass is 19.1. The van der Waals surface area contributed by atoms with Crippen molar-refractivity contribution in [3.63, 3.8) is 0 Å². The minimum absolute atomic E-state index is 0.188. The van der Waals surface area contributed by atoms with Crippen LogP contribution in [0.1, 0.15) is 26.3 Å². The Labute approximate surface area is 125 Å². The maximum atomic E-state index is 13.3. The summed E-state index contributed by atoms with van der Waals surface area (Å²) in [5, 5.41) is 3.26. The Morgan fingerprint density at radius 2 is 2.24 bits per heavy atom. The van der Waals surface area contributed by atoms with Crippen molar-refractivity contribution in [1.82, 2.24) is 5.32 Å². The molecule has 1 aliphatic heterocycles. The topological polar surface area (TPSA) is 40.0 Å². The van der Waals surface area contributed by atoms with Crippen LogP contribution in [0.15, 0.2) is 40.2 Å². The van der Waals surface area contributed by atoms with Gasteiger partial charge in [0.25, 0.3) is 0 Å². The highest BCUT2D eigenvalue weighted by molar-refractivity contribution is 5.79. The van der Waals surface area contributed by atoms with Crippen LogP contribution >= 0.6 is 0 Å². The van der Waals surface area contributed by atoms with Crippen molar-refractivity contribution >= 4 is 17.6 Å². The van der Waals surface area contributed by atoms with Gasteiger partial charge in [-0.2, -0.15) is 0 Å². The van der Waals surface area contributed by atoms with Crippen molar-refractivity contribution in [2.24, 2.45) is 9.98 Å². The van der Waals surface area contributed by atoms with E-state index in [1.165, 1.54) is 6.07 Å². The summed E-state index contributed by atoms with van der Waals surface area (Å²) in [5.41, 5.74) is 3.03. The Bertz CT molecular complexity index is 586. The normalized spacial score (nSPS) is 14.5. The Hall–Kier alpha value is -2.17. The molecule has 1 heterocycles. The number of halogens is 1.